The number of halogens is 2. The highest BCUT2D eigenvalue weighted by Gasteiger charge is 2.44. The molecule has 2 unspecified atom stereocenters. The minimum atomic E-state index is -0.694. The maximum atomic E-state index is 14.1. The largest absolute Gasteiger partial charge is 0.487 e. The molecule has 2 aliphatic rings. The summed E-state index contributed by atoms with van der Waals surface area (Å²) in [6, 6.07) is 21.5. The zero-order chi connectivity index (χ0) is 26.1. The zero-order valence-electron chi connectivity index (χ0n) is 20.6. The maximum Gasteiger partial charge on any atom is 0.254 e. The molecule has 1 amide bonds. The molecule has 194 valence electrons. The number of thioether (sulfide) groups is 1. The van der Waals surface area contributed by atoms with Gasteiger partial charge in [0.15, 0.2) is 15.9 Å². The van der Waals surface area contributed by atoms with Crippen molar-refractivity contribution in [1.29, 1.82) is 0 Å². The smallest absolute Gasteiger partial charge is 0.254 e. The first-order valence-corrected chi connectivity index (χ1v) is 14.6. The Kier molecular flexibility index (Phi) is 7.17. The van der Waals surface area contributed by atoms with Gasteiger partial charge in [0.2, 0.25) is 0 Å². The molecule has 2 atom stereocenters. The average Bonchev–Trinajstić information content (AvgIpc) is 3.52. The fourth-order valence-corrected chi connectivity index (χ4v) is 7.20. The fourth-order valence-electron chi connectivity index (χ4n) is 5.41. The van der Waals surface area contributed by atoms with E-state index in [1.807, 2.05) is 47.4 Å². The molecule has 2 fully saturated rings. The average molecular weight is 549 g/mol. The lowest BCUT2D eigenvalue weighted by atomic mass is 9.98. The van der Waals surface area contributed by atoms with E-state index in [4.69, 9.17) is 9.72 Å². The van der Waals surface area contributed by atoms with Crippen LogP contribution >= 0.6 is 23.1 Å². The van der Waals surface area contributed by atoms with Crippen LogP contribution in [0.15, 0.2) is 82.5 Å². The van der Waals surface area contributed by atoms with Crippen molar-refractivity contribution in [2.24, 2.45) is 0 Å². The number of thiazole rings is 1. The number of piperidine rings is 1. The SMILES string of the molecule is O=C(c1ccc(CSc2nc(-c3ccccc3)cs2)cc1)N1C2CCC1CC(Oc1ccc(F)cc1F)C2. The summed E-state index contributed by atoms with van der Waals surface area (Å²) >= 11 is 3.34. The van der Waals surface area contributed by atoms with Crippen molar-refractivity contribution >= 4 is 29.0 Å². The molecule has 38 heavy (non-hydrogen) atoms. The molecule has 2 aliphatic heterocycles. The van der Waals surface area contributed by atoms with E-state index in [1.165, 1.54) is 12.1 Å². The highest BCUT2D eigenvalue weighted by atomic mass is 32.2. The minimum Gasteiger partial charge on any atom is -0.487 e. The summed E-state index contributed by atoms with van der Waals surface area (Å²) in [5.41, 5.74) is 3.93. The van der Waals surface area contributed by atoms with Crippen LogP contribution in [0.3, 0.4) is 0 Å². The van der Waals surface area contributed by atoms with Crippen LogP contribution in [0.5, 0.6) is 5.75 Å². The Balaban J connectivity index is 1.05. The van der Waals surface area contributed by atoms with E-state index in [-0.39, 0.29) is 29.8 Å². The van der Waals surface area contributed by atoms with Crippen molar-refractivity contribution in [2.75, 3.05) is 0 Å². The number of benzene rings is 3. The Bertz CT molecular complexity index is 1410. The van der Waals surface area contributed by atoms with Gasteiger partial charge in [0.05, 0.1) is 5.69 Å². The number of amides is 1. The predicted molar refractivity (Wildman–Crippen MR) is 147 cm³/mol. The van der Waals surface area contributed by atoms with E-state index in [9.17, 15) is 13.6 Å². The van der Waals surface area contributed by atoms with Gasteiger partial charge in [0.25, 0.3) is 5.91 Å². The molecule has 0 saturated carbocycles. The molecule has 0 radical (unpaired) electrons. The van der Waals surface area contributed by atoms with Crippen molar-refractivity contribution < 1.29 is 18.3 Å². The summed E-state index contributed by atoms with van der Waals surface area (Å²) in [7, 11) is 0. The van der Waals surface area contributed by atoms with Crippen molar-refractivity contribution in [3.8, 4) is 17.0 Å². The predicted octanol–water partition coefficient (Wildman–Crippen LogP) is 7.60. The normalized spacial score (nSPS) is 20.5. The Labute approximate surface area is 228 Å². The molecule has 4 nitrogen and oxygen atoms in total. The van der Waals surface area contributed by atoms with Crippen LogP contribution in [0.4, 0.5) is 8.78 Å². The first-order chi connectivity index (χ1) is 18.5. The number of hydrogen-bond acceptors (Lipinski definition) is 5. The van der Waals surface area contributed by atoms with Gasteiger partial charge < -0.3 is 9.64 Å². The van der Waals surface area contributed by atoms with E-state index in [1.54, 1.807) is 23.1 Å². The van der Waals surface area contributed by atoms with Crippen LogP contribution in [0, 0.1) is 11.6 Å². The lowest BCUT2D eigenvalue weighted by Gasteiger charge is -2.39. The molecule has 2 saturated heterocycles. The summed E-state index contributed by atoms with van der Waals surface area (Å²) in [6.45, 7) is 0. The van der Waals surface area contributed by atoms with Gasteiger partial charge in [-0.3, -0.25) is 4.79 Å². The van der Waals surface area contributed by atoms with Crippen LogP contribution < -0.4 is 4.74 Å². The summed E-state index contributed by atoms with van der Waals surface area (Å²) < 4.78 is 34.2. The third kappa shape index (κ3) is 5.33. The molecule has 0 N–H and O–H groups in total. The van der Waals surface area contributed by atoms with E-state index in [0.29, 0.717) is 18.4 Å². The zero-order valence-corrected chi connectivity index (χ0v) is 22.2. The molecular weight excluding hydrogens is 522 g/mol. The second kappa shape index (κ2) is 10.9. The minimum absolute atomic E-state index is 0.0375. The molecule has 3 heterocycles. The maximum absolute atomic E-state index is 14.1. The Morgan fingerprint density at radius 2 is 1.74 bits per heavy atom. The number of rotatable bonds is 7. The van der Waals surface area contributed by atoms with Gasteiger partial charge in [-0.1, -0.05) is 54.2 Å². The van der Waals surface area contributed by atoms with E-state index < -0.39 is 11.6 Å². The van der Waals surface area contributed by atoms with Gasteiger partial charge in [-0.25, -0.2) is 13.8 Å². The van der Waals surface area contributed by atoms with Crippen molar-refractivity contribution in [3.63, 3.8) is 0 Å². The molecule has 1 aromatic heterocycles. The molecule has 2 bridgehead atoms. The van der Waals surface area contributed by atoms with E-state index in [0.717, 1.165) is 45.8 Å². The number of aromatic nitrogens is 1. The second-order valence-electron chi connectivity index (χ2n) is 9.73. The number of ether oxygens (including phenoxy) is 1. The standard InChI is InChI=1S/C30H26F2N2O2S2/c31-22-10-13-28(26(32)14-22)36-25-15-23-11-12-24(16-25)34(23)29(35)21-8-6-19(7-9-21)17-37-30-33-27(18-38-30)20-4-2-1-3-5-20/h1-10,13-14,18,23-25H,11-12,15-17H2. The van der Waals surface area contributed by atoms with Gasteiger partial charge >= 0.3 is 0 Å². The van der Waals surface area contributed by atoms with Crippen molar-refractivity contribution in [2.45, 2.75) is 54.0 Å². The summed E-state index contributed by atoms with van der Waals surface area (Å²) in [5.74, 6) is -0.431. The first-order valence-electron chi connectivity index (χ1n) is 12.7. The van der Waals surface area contributed by atoms with E-state index in [2.05, 4.69) is 17.5 Å². The van der Waals surface area contributed by atoms with Crippen molar-refractivity contribution in [3.05, 3.63) is 101 Å². The van der Waals surface area contributed by atoms with E-state index >= 15 is 0 Å². The third-order valence-electron chi connectivity index (χ3n) is 7.23. The number of fused-ring (bicyclic) bond motifs is 2. The molecule has 3 aromatic carbocycles. The molecule has 0 aliphatic carbocycles. The number of carbonyl (C=O) groups excluding carboxylic acids is 1. The third-order valence-corrected chi connectivity index (χ3v) is 9.32. The first kappa shape index (κ1) is 25.1. The Morgan fingerprint density at radius 1 is 1.00 bits per heavy atom. The number of nitrogens with zero attached hydrogens (tertiary/aromatic N) is 2. The van der Waals surface area contributed by atoms with Crippen molar-refractivity contribution in [1.82, 2.24) is 9.88 Å². The fraction of sp³-hybridized carbons (Fsp3) is 0.267. The summed E-state index contributed by atoms with van der Waals surface area (Å²) in [4.78, 5) is 20.1. The second-order valence-corrected chi connectivity index (χ2v) is 11.8. The molecule has 6 rings (SSSR count). The monoisotopic (exact) mass is 548 g/mol. The van der Waals surface area contributed by atoms with Gasteiger partial charge in [-0.15, -0.1) is 11.3 Å². The molecule has 8 heteroatoms. The van der Waals surface area contributed by atoms with Gasteiger partial charge in [0, 0.05) is 53.3 Å². The number of hydrogen-bond donors (Lipinski definition) is 0. The van der Waals surface area contributed by atoms with Gasteiger partial charge in [-0.2, -0.15) is 0 Å². The van der Waals surface area contributed by atoms with Crippen LogP contribution in [-0.4, -0.2) is 34.0 Å². The summed E-state index contributed by atoms with van der Waals surface area (Å²) in [6.07, 6.45) is 2.92. The lowest BCUT2D eigenvalue weighted by Crippen LogP contribution is -2.49. The molecule has 4 aromatic rings. The van der Waals surface area contributed by atoms with Crippen LogP contribution in [0.25, 0.3) is 11.3 Å². The van der Waals surface area contributed by atoms with Crippen LogP contribution in [0.1, 0.15) is 41.6 Å². The highest BCUT2D eigenvalue weighted by Crippen LogP contribution is 2.39. The topological polar surface area (TPSA) is 42.4 Å². The Morgan fingerprint density at radius 3 is 2.45 bits per heavy atom. The quantitative estimate of drug-likeness (QED) is 0.223. The number of carbonyl (C=O) groups is 1. The highest BCUT2D eigenvalue weighted by molar-refractivity contribution is 8.00. The summed E-state index contributed by atoms with van der Waals surface area (Å²) in [5, 5.41) is 2.08. The van der Waals surface area contributed by atoms with Crippen LogP contribution in [0.2, 0.25) is 0 Å². The Hall–Kier alpha value is -3.23. The van der Waals surface area contributed by atoms with Crippen LogP contribution in [-0.2, 0) is 5.75 Å². The molecule has 0 spiro atoms. The lowest BCUT2D eigenvalue weighted by molar-refractivity contribution is 0.0349. The van der Waals surface area contributed by atoms with Gasteiger partial charge in [0.1, 0.15) is 11.9 Å². The van der Waals surface area contributed by atoms with Gasteiger partial charge in [-0.05, 0) is 42.7 Å². The molecular formula is C30H26F2N2O2S2.